The molecular formula is C76H93N11O16S. The number of nitrogens with zero attached hydrogens (tertiary/aromatic N) is 7. The molecule has 0 saturated heterocycles. The van der Waals surface area contributed by atoms with Gasteiger partial charge in [-0.25, -0.2) is 24.4 Å². The third kappa shape index (κ3) is 19.5. The molecule has 7 amide bonds. The van der Waals surface area contributed by atoms with Gasteiger partial charge in [0.05, 0.1) is 87.5 Å². The fraction of sp³-hybridized carbons (Fsp3) is 0.500. The summed E-state index contributed by atoms with van der Waals surface area (Å²) in [6, 6.07) is 22.5. The Morgan fingerprint density at radius 1 is 0.808 bits per heavy atom. The molecule has 554 valence electrons. The van der Waals surface area contributed by atoms with Gasteiger partial charge in [0.15, 0.2) is 22.4 Å². The summed E-state index contributed by atoms with van der Waals surface area (Å²) in [5, 5.41) is 24.5. The quantitative estimate of drug-likeness (QED) is 0.0179. The average molecular weight is 1450 g/mol. The predicted octanol–water partition coefficient (Wildman–Crippen LogP) is 8.27. The Balaban J connectivity index is 0.577. The maximum atomic E-state index is 13.8. The van der Waals surface area contributed by atoms with E-state index in [1.54, 1.807) is 51.4 Å². The van der Waals surface area contributed by atoms with E-state index in [1.165, 1.54) is 34.8 Å². The third-order valence-corrected chi connectivity index (χ3v) is 21.3. The average Bonchev–Trinajstić information content (AvgIpc) is 0.771. The third-order valence-electron chi connectivity index (χ3n) is 20.4. The molecule has 0 spiro atoms. The minimum absolute atomic E-state index is 0.0187. The van der Waals surface area contributed by atoms with Gasteiger partial charge in [-0.2, -0.15) is 5.10 Å². The largest absolute Gasteiger partial charge is 0.476 e. The number of carbonyl (C=O) groups is 9. The summed E-state index contributed by atoms with van der Waals surface area (Å²) >= 11 is 1.42. The lowest BCUT2D eigenvalue weighted by atomic mass is 9.48. The molecule has 2 unspecified atom stereocenters. The molecule has 4 fully saturated rings. The van der Waals surface area contributed by atoms with Crippen molar-refractivity contribution in [3.8, 4) is 11.1 Å². The minimum atomic E-state index is -1.13. The van der Waals surface area contributed by atoms with E-state index in [4.69, 9.17) is 44.2 Å². The van der Waals surface area contributed by atoms with E-state index < -0.39 is 47.8 Å². The van der Waals surface area contributed by atoms with Gasteiger partial charge >= 0.3 is 18.1 Å². The molecule has 4 bridgehead atoms. The van der Waals surface area contributed by atoms with Crippen LogP contribution in [0, 0.1) is 36.0 Å². The molecule has 0 radical (unpaired) electrons. The number of ether oxygens (including phenoxy) is 6. The number of urea groups is 1. The number of hydrogen-bond donors (Lipinski definition) is 5. The van der Waals surface area contributed by atoms with Gasteiger partial charge in [0.2, 0.25) is 5.91 Å². The van der Waals surface area contributed by atoms with Crippen molar-refractivity contribution in [3.63, 3.8) is 0 Å². The maximum Gasteiger partial charge on any atom is 0.409 e. The van der Waals surface area contributed by atoms with E-state index in [0.29, 0.717) is 104 Å². The number of rotatable bonds is 39. The number of nitrogens with two attached hydrogens (primary N) is 1. The van der Waals surface area contributed by atoms with Crippen LogP contribution in [0.25, 0.3) is 21.3 Å². The number of carboxylic acids is 1. The van der Waals surface area contributed by atoms with E-state index in [0.717, 1.165) is 69.6 Å². The number of likely N-dealkylation sites (N-methyl/N-ethyl adjacent to an activating group) is 1. The van der Waals surface area contributed by atoms with Crippen molar-refractivity contribution in [2.75, 3.05) is 103 Å². The molecule has 28 heteroatoms. The Labute approximate surface area is 607 Å². The van der Waals surface area contributed by atoms with E-state index in [9.17, 15) is 48.3 Å². The zero-order valence-electron chi connectivity index (χ0n) is 59.4. The fourth-order valence-electron chi connectivity index (χ4n) is 15.5. The van der Waals surface area contributed by atoms with Crippen LogP contribution in [0.3, 0.4) is 0 Å². The molecule has 5 heterocycles. The minimum Gasteiger partial charge on any atom is -0.476 e. The summed E-state index contributed by atoms with van der Waals surface area (Å²) in [7, 11) is 1.62. The highest BCUT2D eigenvalue weighted by Crippen LogP contribution is 2.63. The lowest BCUT2D eigenvalue weighted by Gasteiger charge is -2.61. The SMILES string of the molecule is Cc1c(-c2ccc(N3CCc4cccc(C(=O)Nc5nc6ccccc6s5)c4C3)nc2C(=O)O)cnn1CC12CC3CC(C1)CC(OCCOCCOCCN(C)C(=O)OCc1ccc(CC(=O)[C@H](CCCNC(N)=O)NC(=O)[C@@H](CC(=O)COCCOCCN4C(=O)C=CC4=O)C(C)C)cc1)(C3)C2. The molecule has 4 saturated carbocycles. The zero-order chi connectivity index (χ0) is 73.5. The fourth-order valence-corrected chi connectivity index (χ4v) is 16.4. The number of anilines is 2. The maximum absolute atomic E-state index is 13.8. The summed E-state index contributed by atoms with van der Waals surface area (Å²) in [6.45, 7) is 9.66. The molecule has 2 aliphatic heterocycles. The number of fused-ring (bicyclic) bond motifs is 2. The first-order valence-electron chi connectivity index (χ1n) is 35.7. The molecule has 104 heavy (non-hydrogen) atoms. The van der Waals surface area contributed by atoms with Crippen LogP contribution in [0.1, 0.15) is 120 Å². The van der Waals surface area contributed by atoms with Crippen molar-refractivity contribution in [1.82, 2.24) is 40.2 Å². The van der Waals surface area contributed by atoms with Gasteiger partial charge in [-0.1, -0.05) is 73.7 Å². The molecule has 27 nitrogen and oxygen atoms in total. The van der Waals surface area contributed by atoms with Gasteiger partial charge < -0.3 is 59.7 Å². The number of nitrogens with one attached hydrogen (secondary N) is 3. The highest BCUT2D eigenvalue weighted by Gasteiger charge is 2.58. The number of hydrogen-bond acceptors (Lipinski definition) is 20. The van der Waals surface area contributed by atoms with E-state index in [2.05, 4.69) is 25.6 Å². The lowest BCUT2D eigenvalue weighted by Crippen LogP contribution is -2.58. The standard InChI is InChI=1S/C76H93N11O16S/c1-48(2)58(37-55(88)45-101-32-31-99-28-26-86-66(90)20-21-67(86)91)70(93)80-61(12-8-23-78-72(77)96)63(89)36-50-14-16-51(17-15-50)44-102-74(97)84(4)25-27-98-29-30-100-33-34-103-76-40-52-35-53(41-76)39-75(38-52,46-76)47-87-49(3)59(42-79-87)56-18-19-65(82-68(56)71(94)95)85-24-22-54-9-7-10-57(60(54)43-85)69(92)83-73-81-62-11-5-6-13-64(62)104-73/h5-7,9-11,13-21,42,48,52-53,58,61H,8,12,22-41,43-47H2,1-4H3,(H,80,93)(H,94,95)(H3,77,78,96)(H,81,83,92)/t52?,53?,58-,61-,75?,76?/m0/s1. The van der Waals surface area contributed by atoms with Crippen LogP contribution in [0.2, 0.25) is 0 Å². The molecule has 4 atom stereocenters. The summed E-state index contributed by atoms with van der Waals surface area (Å²) < 4.78 is 38.1. The Bertz CT molecular complexity index is 4070. The molecule has 3 aromatic carbocycles. The van der Waals surface area contributed by atoms with Gasteiger partial charge in [-0.15, -0.1) is 0 Å². The molecular weight excluding hydrogens is 1350 g/mol. The van der Waals surface area contributed by atoms with E-state index in [1.807, 2.05) is 66.4 Å². The Kier molecular flexibility index (Phi) is 25.5. The number of thiazole rings is 1. The van der Waals surface area contributed by atoms with Gasteiger partial charge in [0.1, 0.15) is 19.0 Å². The lowest BCUT2D eigenvalue weighted by molar-refractivity contribution is -0.201. The van der Waals surface area contributed by atoms with Crippen molar-refractivity contribution in [3.05, 3.63) is 136 Å². The van der Waals surface area contributed by atoms with Crippen molar-refractivity contribution in [2.24, 2.45) is 34.8 Å². The van der Waals surface area contributed by atoms with E-state index in [-0.39, 0.29) is 119 Å². The molecule has 6 aromatic rings. The Morgan fingerprint density at radius 3 is 2.25 bits per heavy atom. The van der Waals surface area contributed by atoms with Gasteiger partial charge in [0.25, 0.3) is 17.7 Å². The van der Waals surface area contributed by atoms with Crippen LogP contribution >= 0.6 is 11.3 Å². The predicted molar refractivity (Wildman–Crippen MR) is 386 cm³/mol. The number of benzene rings is 3. The van der Waals surface area contributed by atoms with Crippen LogP contribution in [-0.2, 0) is 84.9 Å². The second kappa shape index (κ2) is 35.0. The van der Waals surface area contributed by atoms with Crippen molar-refractivity contribution >= 4 is 85.8 Å². The first-order valence-corrected chi connectivity index (χ1v) is 36.5. The van der Waals surface area contributed by atoms with Gasteiger partial charge in [-0.05, 0) is 140 Å². The molecule has 12 rings (SSSR count). The second-order valence-electron chi connectivity index (χ2n) is 28.3. The van der Waals surface area contributed by atoms with Crippen LogP contribution in [-0.4, -0.2) is 192 Å². The summed E-state index contributed by atoms with van der Waals surface area (Å²) in [5.41, 5.74) is 11.7. The summed E-state index contributed by atoms with van der Waals surface area (Å²) in [4.78, 5) is 129. The number of para-hydroxylation sites is 1. The highest BCUT2D eigenvalue weighted by molar-refractivity contribution is 7.22. The number of primary amides is 1. The van der Waals surface area contributed by atoms with Crippen LogP contribution < -0.4 is 26.6 Å². The van der Waals surface area contributed by atoms with Crippen LogP contribution in [0.4, 0.5) is 20.5 Å². The first-order chi connectivity index (χ1) is 50.1. The Morgan fingerprint density at radius 2 is 1.52 bits per heavy atom. The number of pyridine rings is 1. The molecule has 6 N–H and O–H groups in total. The topological polar surface area (TPSA) is 345 Å². The monoisotopic (exact) mass is 1450 g/mol. The van der Waals surface area contributed by atoms with Crippen molar-refractivity contribution in [2.45, 2.75) is 123 Å². The normalized spacial score (nSPS) is 19.3. The van der Waals surface area contributed by atoms with E-state index >= 15 is 0 Å². The Hall–Kier alpha value is -9.32. The smallest absolute Gasteiger partial charge is 0.409 e. The van der Waals surface area contributed by atoms with Gasteiger partial charge in [0, 0.05) is 93.1 Å². The van der Waals surface area contributed by atoms with Gasteiger partial charge in [-0.3, -0.25) is 43.7 Å². The number of imide groups is 1. The number of aromatic carboxylic acids is 1. The second-order valence-corrected chi connectivity index (χ2v) is 29.3. The molecule has 6 aliphatic rings. The van der Waals surface area contributed by atoms with Crippen LogP contribution in [0.5, 0.6) is 0 Å². The number of ketones is 2. The highest BCUT2D eigenvalue weighted by atomic mass is 32.1. The first kappa shape index (κ1) is 75.8. The number of carboxylic acid groups (broad SMARTS) is 1. The van der Waals surface area contributed by atoms with Crippen LogP contribution in [0.15, 0.2) is 97.2 Å². The number of Topliss-reactive ketones (excluding diaryl/α,β-unsaturated/α-hetero) is 2. The number of aromatic nitrogens is 4. The summed E-state index contributed by atoms with van der Waals surface area (Å²) in [6.07, 6.45) is 11.0. The molecule has 4 aliphatic carbocycles. The molecule has 3 aromatic heterocycles. The van der Waals surface area contributed by atoms with Crippen molar-refractivity contribution in [1.29, 1.82) is 0 Å². The zero-order valence-corrected chi connectivity index (χ0v) is 60.2. The number of amides is 7. The number of carbonyl (C=O) groups excluding carboxylic acids is 8. The summed E-state index contributed by atoms with van der Waals surface area (Å²) in [5.74, 6) is -2.68. The van der Waals surface area contributed by atoms with Crippen molar-refractivity contribution < 1.29 is 76.7 Å².